The molecular weight excluding hydrogens is 340 g/mol. The molecule has 0 unspecified atom stereocenters. The summed E-state index contributed by atoms with van der Waals surface area (Å²) in [7, 11) is 0. The van der Waals surface area contributed by atoms with Gasteiger partial charge in [0.05, 0.1) is 6.10 Å². The molecule has 4 N–H and O–H groups in total. The van der Waals surface area contributed by atoms with Crippen LogP contribution in [0.15, 0.2) is 30.4 Å². The fraction of sp³-hybridized carbons (Fsp3) is 0.368. The van der Waals surface area contributed by atoms with Crippen LogP contribution < -0.4 is 0 Å². The Balaban J connectivity index is 2.37. The lowest BCUT2D eigenvalue weighted by molar-refractivity contribution is -0.128. The van der Waals surface area contributed by atoms with Gasteiger partial charge in [-0.25, -0.2) is 4.79 Å². The molecule has 0 aliphatic carbocycles. The largest absolute Gasteiger partial charge is 0.508 e. The monoisotopic (exact) mass is 362 g/mol. The third-order valence-electron chi connectivity index (χ3n) is 3.98. The lowest BCUT2D eigenvalue weighted by Crippen LogP contribution is -2.32. The van der Waals surface area contributed by atoms with Gasteiger partial charge in [0, 0.05) is 12.5 Å². The summed E-state index contributed by atoms with van der Waals surface area (Å²) in [5.74, 6) is -2.01. The first-order valence-corrected chi connectivity index (χ1v) is 8.29. The van der Waals surface area contributed by atoms with E-state index in [1.807, 2.05) is 0 Å². The molecule has 1 aliphatic rings. The summed E-state index contributed by atoms with van der Waals surface area (Å²) in [5, 5.41) is 39.4. The van der Waals surface area contributed by atoms with Gasteiger partial charge in [-0.1, -0.05) is 18.2 Å². The van der Waals surface area contributed by atoms with E-state index in [1.54, 1.807) is 13.0 Å². The molecule has 0 spiro atoms. The zero-order valence-electron chi connectivity index (χ0n) is 14.3. The number of aromatic hydroxyl groups is 2. The number of allylic oxidation sites excluding steroid dienone is 1. The van der Waals surface area contributed by atoms with Gasteiger partial charge in [-0.15, -0.1) is 0 Å². The molecule has 3 atom stereocenters. The maximum absolute atomic E-state index is 12.4. The summed E-state index contributed by atoms with van der Waals surface area (Å²) in [6.07, 6.45) is 2.99. The highest BCUT2D eigenvalue weighted by Gasteiger charge is 2.23. The standard InChI is InChI=1S/C19H22O7/c1-11-5-4-8-15(22)18(24)14(21)7-3-2-6-12-9-13(20)10-16(23)17(12)19(25)26-11/h2,4,6,8-11,14,18,20-21,23-24H,3,5,7H2,1H3/b6-2+,8-4-/t11-,14-,18-/m0/s1. The topological polar surface area (TPSA) is 124 Å². The quantitative estimate of drug-likeness (QED) is 0.518. The number of benzene rings is 1. The molecular formula is C19H22O7. The van der Waals surface area contributed by atoms with Crippen molar-refractivity contribution in [3.63, 3.8) is 0 Å². The van der Waals surface area contributed by atoms with Crippen molar-refractivity contribution < 1.29 is 34.8 Å². The second-order valence-electron chi connectivity index (χ2n) is 6.18. The number of ether oxygens (including phenoxy) is 1. The molecule has 0 saturated carbocycles. The normalized spacial score (nSPS) is 27.6. The van der Waals surface area contributed by atoms with Crippen molar-refractivity contribution in [2.24, 2.45) is 0 Å². The molecule has 0 radical (unpaired) electrons. The second-order valence-corrected chi connectivity index (χ2v) is 6.18. The minimum atomic E-state index is -1.52. The van der Waals surface area contributed by atoms with Crippen LogP contribution in [0, 0.1) is 0 Å². The van der Waals surface area contributed by atoms with Crippen molar-refractivity contribution >= 4 is 17.8 Å². The molecule has 26 heavy (non-hydrogen) atoms. The summed E-state index contributed by atoms with van der Waals surface area (Å²) >= 11 is 0. The number of aliphatic hydroxyl groups excluding tert-OH is 2. The van der Waals surface area contributed by atoms with Crippen molar-refractivity contribution in [3.8, 4) is 11.5 Å². The van der Waals surface area contributed by atoms with E-state index in [4.69, 9.17) is 4.74 Å². The highest BCUT2D eigenvalue weighted by molar-refractivity contribution is 5.97. The predicted molar refractivity (Wildman–Crippen MR) is 93.7 cm³/mol. The Morgan fingerprint density at radius 1 is 1.08 bits per heavy atom. The summed E-state index contributed by atoms with van der Waals surface area (Å²) in [5.41, 5.74) is 0.178. The molecule has 2 rings (SSSR count). The van der Waals surface area contributed by atoms with Crippen LogP contribution in [0.5, 0.6) is 11.5 Å². The summed E-state index contributed by atoms with van der Waals surface area (Å²) in [6, 6.07) is 2.36. The van der Waals surface area contributed by atoms with Gasteiger partial charge in [0.15, 0.2) is 5.78 Å². The Hall–Kier alpha value is -2.64. The highest BCUT2D eigenvalue weighted by Crippen LogP contribution is 2.29. The number of fused-ring (bicyclic) bond motifs is 1. The van der Waals surface area contributed by atoms with Crippen LogP contribution in [0.3, 0.4) is 0 Å². The molecule has 1 aromatic carbocycles. The number of carbonyl (C=O) groups excluding carboxylic acids is 2. The number of hydrogen-bond acceptors (Lipinski definition) is 7. The van der Waals surface area contributed by atoms with Crippen molar-refractivity contribution in [2.75, 3.05) is 0 Å². The molecule has 7 nitrogen and oxygen atoms in total. The Labute approximate surface area is 150 Å². The first-order chi connectivity index (χ1) is 12.3. The van der Waals surface area contributed by atoms with Crippen molar-refractivity contribution in [1.82, 2.24) is 0 Å². The van der Waals surface area contributed by atoms with E-state index in [-0.39, 0.29) is 29.7 Å². The van der Waals surface area contributed by atoms with E-state index in [0.29, 0.717) is 6.42 Å². The molecule has 7 heteroatoms. The van der Waals surface area contributed by atoms with Gasteiger partial charge in [-0.3, -0.25) is 4.79 Å². The van der Waals surface area contributed by atoms with Gasteiger partial charge < -0.3 is 25.2 Å². The van der Waals surface area contributed by atoms with Crippen LogP contribution in [-0.4, -0.2) is 50.5 Å². The molecule has 0 saturated heterocycles. The Morgan fingerprint density at radius 2 is 1.81 bits per heavy atom. The van der Waals surface area contributed by atoms with Crippen LogP contribution in [-0.2, 0) is 9.53 Å². The van der Waals surface area contributed by atoms with Crippen LogP contribution in [0.2, 0.25) is 0 Å². The van der Waals surface area contributed by atoms with E-state index in [0.717, 1.165) is 12.1 Å². The van der Waals surface area contributed by atoms with Crippen LogP contribution >= 0.6 is 0 Å². The van der Waals surface area contributed by atoms with Gasteiger partial charge in [0.25, 0.3) is 0 Å². The first-order valence-electron chi connectivity index (χ1n) is 8.29. The molecule has 140 valence electrons. The van der Waals surface area contributed by atoms with E-state index < -0.39 is 35.8 Å². The average molecular weight is 362 g/mol. The van der Waals surface area contributed by atoms with Gasteiger partial charge in [0.1, 0.15) is 29.3 Å². The number of hydrogen-bond donors (Lipinski definition) is 4. The SMILES string of the molecule is C[C@H]1C/C=C\C(=O)[C@@H](O)[C@@H](O)CC/C=C/c2cc(O)cc(O)c2C(=O)O1. The van der Waals surface area contributed by atoms with Gasteiger partial charge in [-0.2, -0.15) is 0 Å². The minimum Gasteiger partial charge on any atom is -0.508 e. The average Bonchev–Trinajstić information content (AvgIpc) is 2.56. The smallest absolute Gasteiger partial charge is 0.342 e. The number of phenolic OH excluding ortho intramolecular Hbond substituents is 2. The highest BCUT2D eigenvalue weighted by atomic mass is 16.5. The number of esters is 1. The number of cyclic esters (lactones) is 1. The van der Waals surface area contributed by atoms with Crippen LogP contribution in [0.4, 0.5) is 0 Å². The van der Waals surface area contributed by atoms with E-state index in [2.05, 4.69) is 0 Å². The fourth-order valence-electron chi connectivity index (χ4n) is 2.58. The zero-order chi connectivity index (χ0) is 19.3. The Bertz CT molecular complexity index is 736. The van der Waals surface area contributed by atoms with E-state index in [1.165, 1.54) is 18.2 Å². The third-order valence-corrected chi connectivity index (χ3v) is 3.98. The number of aliphatic hydroxyl groups is 2. The van der Waals surface area contributed by atoms with Gasteiger partial charge >= 0.3 is 5.97 Å². The molecule has 0 fully saturated rings. The Morgan fingerprint density at radius 3 is 2.54 bits per heavy atom. The van der Waals surface area contributed by atoms with Crippen LogP contribution in [0.1, 0.15) is 42.1 Å². The molecule has 0 bridgehead atoms. The Kier molecular flexibility index (Phi) is 6.54. The number of rotatable bonds is 0. The van der Waals surface area contributed by atoms with Crippen molar-refractivity contribution in [3.05, 3.63) is 41.5 Å². The number of phenols is 2. The lowest BCUT2D eigenvalue weighted by atomic mass is 10.0. The van der Waals surface area contributed by atoms with Crippen LogP contribution in [0.25, 0.3) is 6.08 Å². The zero-order valence-corrected chi connectivity index (χ0v) is 14.3. The maximum Gasteiger partial charge on any atom is 0.342 e. The minimum absolute atomic E-state index is 0.0820. The third kappa shape index (κ3) is 4.93. The van der Waals surface area contributed by atoms with Crippen molar-refractivity contribution in [2.45, 2.75) is 44.5 Å². The lowest BCUT2D eigenvalue weighted by Gasteiger charge is -2.14. The summed E-state index contributed by atoms with van der Waals surface area (Å²) in [4.78, 5) is 24.2. The molecule has 0 aromatic heterocycles. The van der Waals surface area contributed by atoms with Gasteiger partial charge in [0.2, 0.25) is 0 Å². The van der Waals surface area contributed by atoms with E-state index in [9.17, 15) is 30.0 Å². The molecule has 1 heterocycles. The fourth-order valence-corrected chi connectivity index (χ4v) is 2.58. The molecule has 1 aliphatic heterocycles. The summed E-state index contributed by atoms with van der Waals surface area (Å²) < 4.78 is 5.27. The molecule has 0 amide bonds. The predicted octanol–water partition coefficient (Wildman–Crippen LogP) is 1.69. The number of ketones is 1. The second kappa shape index (κ2) is 8.64. The van der Waals surface area contributed by atoms with Gasteiger partial charge in [-0.05, 0) is 37.5 Å². The van der Waals surface area contributed by atoms with Crippen molar-refractivity contribution in [1.29, 1.82) is 0 Å². The maximum atomic E-state index is 12.4. The first kappa shape index (κ1) is 19.7. The van der Waals surface area contributed by atoms with E-state index >= 15 is 0 Å². The number of carbonyl (C=O) groups is 2. The molecule has 1 aromatic rings. The summed E-state index contributed by atoms with van der Waals surface area (Å²) in [6.45, 7) is 1.61.